The van der Waals surface area contributed by atoms with Gasteiger partial charge < -0.3 is 16.0 Å². The maximum atomic E-state index is 13.0. The Labute approximate surface area is 189 Å². The Bertz CT molecular complexity index is 1160. The first-order chi connectivity index (χ1) is 14.1. The van der Waals surface area contributed by atoms with Crippen molar-refractivity contribution in [3.8, 4) is 10.4 Å². The molecule has 0 aliphatic rings. The molecule has 0 aliphatic heterocycles. The van der Waals surface area contributed by atoms with Crippen molar-refractivity contribution in [3.63, 3.8) is 0 Å². The Hall–Kier alpha value is -2.00. The molecule has 1 unspecified atom stereocenters. The minimum Gasteiger partial charge on any atom is -0.347 e. The summed E-state index contributed by atoms with van der Waals surface area (Å²) in [6.07, 6.45) is 4.31. The molecule has 1 aromatic carbocycles. The van der Waals surface area contributed by atoms with E-state index in [0.717, 1.165) is 36.0 Å². The zero-order valence-corrected chi connectivity index (χ0v) is 19.3. The molecule has 0 radical (unpaired) electrons. The van der Waals surface area contributed by atoms with E-state index >= 15 is 0 Å². The smallest absolute Gasteiger partial charge is 0.262 e. The van der Waals surface area contributed by atoms with E-state index in [1.165, 1.54) is 11.3 Å². The van der Waals surface area contributed by atoms with Gasteiger partial charge in [-0.15, -0.1) is 11.3 Å². The fraction of sp³-hybridized carbons (Fsp3) is 0.143. The first kappa shape index (κ1) is 20.3. The molecule has 5 nitrogen and oxygen atoms in total. The number of carbonyl (C=O) groups excluding carboxylic acids is 1. The molecule has 148 valence electrons. The number of thiophene rings is 1. The monoisotopic (exact) mass is 532 g/mol. The topological polar surface area (TPSA) is 83.8 Å². The Morgan fingerprint density at radius 3 is 2.72 bits per heavy atom. The van der Waals surface area contributed by atoms with E-state index in [4.69, 9.17) is 5.73 Å². The summed E-state index contributed by atoms with van der Waals surface area (Å²) in [5, 5.41) is 4.09. The molecule has 3 heterocycles. The third kappa shape index (κ3) is 4.16. The molecule has 0 saturated carbocycles. The molecule has 0 fully saturated rings. The van der Waals surface area contributed by atoms with Crippen LogP contribution < -0.4 is 11.1 Å². The van der Waals surface area contributed by atoms with Gasteiger partial charge in [-0.2, -0.15) is 0 Å². The summed E-state index contributed by atoms with van der Waals surface area (Å²) in [5.41, 5.74) is 8.90. The Kier molecular flexibility index (Phi) is 6.15. The van der Waals surface area contributed by atoms with Gasteiger partial charge in [0.2, 0.25) is 0 Å². The van der Waals surface area contributed by atoms with Crippen LogP contribution in [0.2, 0.25) is 0 Å². The molecular weight excluding hydrogens is 516 g/mol. The Morgan fingerprint density at radius 1 is 1.17 bits per heavy atom. The fourth-order valence-corrected chi connectivity index (χ4v) is 5.78. The van der Waals surface area contributed by atoms with Crippen LogP contribution in [0.5, 0.6) is 0 Å². The predicted octanol–water partition coefficient (Wildman–Crippen LogP) is 5.12. The Morgan fingerprint density at radius 2 is 1.97 bits per heavy atom. The number of fused-ring (bicyclic) bond motifs is 1. The van der Waals surface area contributed by atoms with Gasteiger partial charge in [0.1, 0.15) is 10.5 Å². The standard InChI is InChI=1S/C21H18Br2N4OS/c22-16-17(23)19(21(28)27-13(11-24)10-12-4-2-1-3-5-12)29-18(16)14-6-8-25-20-15(14)7-9-26-20/h1-9,13H,10-11,24H2,(H,25,26)(H,27,28). The van der Waals surface area contributed by atoms with Crippen LogP contribution in [0, 0.1) is 0 Å². The molecule has 29 heavy (non-hydrogen) atoms. The lowest BCUT2D eigenvalue weighted by atomic mass is 10.1. The maximum Gasteiger partial charge on any atom is 0.262 e. The second-order valence-electron chi connectivity index (χ2n) is 6.58. The van der Waals surface area contributed by atoms with Crippen LogP contribution in [0.3, 0.4) is 0 Å². The SMILES string of the molecule is NCC(Cc1ccccc1)NC(=O)c1sc(-c2ccnc3[nH]ccc23)c(Br)c1Br. The van der Waals surface area contributed by atoms with Crippen molar-refractivity contribution in [2.75, 3.05) is 6.54 Å². The first-order valence-electron chi connectivity index (χ1n) is 9.03. The number of aromatic amines is 1. The normalized spacial score (nSPS) is 12.2. The molecule has 4 rings (SSSR count). The molecule has 4 N–H and O–H groups in total. The van der Waals surface area contributed by atoms with E-state index in [2.05, 4.69) is 47.1 Å². The summed E-state index contributed by atoms with van der Waals surface area (Å²) in [6.45, 7) is 0.367. The summed E-state index contributed by atoms with van der Waals surface area (Å²) in [4.78, 5) is 22.1. The predicted molar refractivity (Wildman–Crippen MR) is 125 cm³/mol. The van der Waals surface area contributed by atoms with Crippen LogP contribution in [-0.2, 0) is 6.42 Å². The van der Waals surface area contributed by atoms with Gasteiger partial charge in [-0.1, -0.05) is 30.3 Å². The highest BCUT2D eigenvalue weighted by Gasteiger charge is 2.23. The summed E-state index contributed by atoms with van der Waals surface area (Å²) >= 11 is 8.66. The van der Waals surface area contributed by atoms with Crippen molar-refractivity contribution in [3.05, 3.63) is 74.2 Å². The summed E-state index contributed by atoms with van der Waals surface area (Å²) in [6, 6.07) is 13.8. The number of rotatable bonds is 6. The average Bonchev–Trinajstić information content (AvgIpc) is 3.33. The van der Waals surface area contributed by atoms with Crippen molar-refractivity contribution < 1.29 is 4.79 Å². The molecule has 8 heteroatoms. The fourth-order valence-electron chi connectivity index (χ4n) is 3.21. The quantitative estimate of drug-likeness (QED) is 0.322. The number of pyridine rings is 1. The van der Waals surface area contributed by atoms with Gasteiger partial charge in [-0.3, -0.25) is 4.79 Å². The molecule has 1 amide bonds. The van der Waals surface area contributed by atoms with Crippen LogP contribution in [-0.4, -0.2) is 28.5 Å². The minimum atomic E-state index is -0.140. The van der Waals surface area contributed by atoms with Gasteiger partial charge >= 0.3 is 0 Å². The second kappa shape index (κ2) is 8.79. The van der Waals surface area contributed by atoms with Gasteiger partial charge in [0.15, 0.2) is 0 Å². The lowest BCUT2D eigenvalue weighted by molar-refractivity contribution is 0.0941. The van der Waals surface area contributed by atoms with E-state index < -0.39 is 0 Å². The third-order valence-electron chi connectivity index (χ3n) is 4.65. The molecule has 1 atom stereocenters. The molecule has 4 aromatic rings. The van der Waals surface area contributed by atoms with Gasteiger partial charge in [0.05, 0.1) is 13.8 Å². The van der Waals surface area contributed by atoms with Gasteiger partial charge in [-0.25, -0.2) is 4.98 Å². The minimum absolute atomic E-state index is 0.139. The number of benzene rings is 1. The van der Waals surface area contributed by atoms with E-state index in [0.29, 0.717) is 17.8 Å². The van der Waals surface area contributed by atoms with Gasteiger partial charge in [0, 0.05) is 35.9 Å². The summed E-state index contributed by atoms with van der Waals surface area (Å²) < 4.78 is 1.60. The van der Waals surface area contributed by atoms with Crippen molar-refractivity contribution in [1.82, 2.24) is 15.3 Å². The van der Waals surface area contributed by atoms with Crippen LogP contribution in [0.15, 0.2) is 63.8 Å². The van der Waals surface area contributed by atoms with Crippen LogP contribution in [0.1, 0.15) is 15.2 Å². The van der Waals surface area contributed by atoms with E-state index in [9.17, 15) is 4.79 Å². The van der Waals surface area contributed by atoms with Crippen LogP contribution >= 0.6 is 43.2 Å². The molecule has 0 spiro atoms. The number of carbonyl (C=O) groups is 1. The van der Waals surface area contributed by atoms with Crippen LogP contribution in [0.25, 0.3) is 21.5 Å². The number of nitrogens with two attached hydrogens (primary N) is 1. The number of hydrogen-bond donors (Lipinski definition) is 3. The molecule has 0 aliphatic carbocycles. The van der Waals surface area contributed by atoms with Crippen molar-refractivity contribution in [2.45, 2.75) is 12.5 Å². The number of nitrogens with zero attached hydrogens (tertiary/aromatic N) is 1. The zero-order chi connectivity index (χ0) is 20.4. The molecule has 3 aromatic heterocycles. The summed E-state index contributed by atoms with van der Waals surface area (Å²) in [5.74, 6) is -0.139. The number of H-pyrrole nitrogens is 1. The summed E-state index contributed by atoms with van der Waals surface area (Å²) in [7, 11) is 0. The van der Waals surface area contributed by atoms with Crippen molar-refractivity contribution in [1.29, 1.82) is 0 Å². The third-order valence-corrected chi connectivity index (χ3v) is 8.52. The lowest BCUT2D eigenvalue weighted by Crippen LogP contribution is -2.41. The van der Waals surface area contributed by atoms with Gasteiger partial charge in [0.25, 0.3) is 5.91 Å². The molecular formula is C21H18Br2N4OS. The molecule has 0 saturated heterocycles. The van der Waals surface area contributed by atoms with Crippen molar-refractivity contribution >= 4 is 60.1 Å². The van der Waals surface area contributed by atoms with Crippen molar-refractivity contribution in [2.24, 2.45) is 5.73 Å². The number of nitrogens with one attached hydrogen (secondary N) is 2. The average molecular weight is 534 g/mol. The number of aromatic nitrogens is 2. The highest BCUT2D eigenvalue weighted by atomic mass is 79.9. The number of hydrogen-bond acceptors (Lipinski definition) is 4. The lowest BCUT2D eigenvalue weighted by Gasteiger charge is -2.16. The maximum absolute atomic E-state index is 13.0. The Balaban J connectivity index is 1.61. The largest absolute Gasteiger partial charge is 0.347 e. The van der Waals surface area contributed by atoms with E-state index in [-0.39, 0.29) is 11.9 Å². The number of amides is 1. The van der Waals surface area contributed by atoms with Crippen LogP contribution in [0.4, 0.5) is 0 Å². The first-order valence-corrected chi connectivity index (χ1v) is 11.4. The van der Waals surface area contributed by atoms with Gasteiger partial charge in [-0.05, 0) is 56.0 Å². The van der Waals surface area contributed by atoms with E-state index in [1.54, 1.807) is 6.20 Å². The highest BCUT2D eigenvalue weighted by Crippen LogP contribution is 2.45. The zero-order valence-electron chi connectivity index (χ0n) is 15.3. The second-order valence-corrected chi connectivity index (χ2v) is 9.19. The highest BCUT2D eigenvalue weighted by molar-refractivity contribution is 9.13. The van der Waals surface area contributed by atoms with E-state index in [1.807, 2.05) is 48.7 Å². The number of halogens is 2. The molecule has 0 bridgehead atoms.